The maximum Gasteiger partial charge on any atom is 0.261 e. The molecule has 1 N–H and O–H groups in total. The molecule has 0 aromatic heterocycles. The predicted molar refractivity (Wildman–Crippen MR) is 110 cm³/mol. The van der Waals surface area contributed by atoms with E-state index >= 15 is 0 Å². The fraction of sp³-hybridized carbons (Fsp3) is 0.273. The number of ether oxygens (including phenoxy) is 1. The van der Waals surface area contributed by atoms with E-state index in [1.165, 1.54) is 36.3 Å². The number of fused-ring (bicyclic) bond motifs is 5. The Hall–Kier alpha value is -3.13. The molecule has 2 aliphatic carbocycles. The smallest absolute Gasteiger partial charge is 0.261 e. The number of hydrogen-bond donors (Lipinski definition) is 1. The third-order valence-electron chi connectivity index (χ3n) is 6.22. The van der Waals surface area contributed by atoms with Crippen LogP contribution in [0.3, 0.4) is 0 Å². The zero-order valence-corrected chi connectivity index (χ0v) is 17.0. The summed E-state index contributed by atoms with van der Waals surface area (Å²) in [5.74, 6) is -0.0526. The molecule has 5 rings (SSSR count). The normalized spacial score (nSPS) is 26.9. The van der Waals surface area contributed by atoms with Crippen molar-refractivity contribution in [2.45, 2.75) is 11.3 Å². The highest BCUT2D eigenvalue weighted by molar-refractivity contribution is 7.92. The summed E-state index contributed by atoms with van der Waals surface area (Å²) < 4.78 is 32.9. The van der Waals surface area contributed by atoms with Crippen LogP contribution in [0.25, 0.3) is 0 Å². The fourth-order valence-corrected chi connectivity index (χ4v) is 5.86. The molecule has 1 saturated heterocycles. The Morgan fingerprint density at radius 3 is 2.00 bits per heavy atom. The third-order valence-corrected chi connectivity index (χ3v) is 7.61. The highest BCUT2D eigenvalue weighted by atomic mass is 32.2. The molecule has 2 aromatic rings. The van der Waals surface area contributed by atoms with Crippen LogP contribution in [0.15, 0.2) is 65.6 Å². The molecule has 30 heavy (non-hydrogen) atoms. The van der Waals surface area contributed by atoms with Crippen LogP contribution in [0.5, 0.6) is 5.75 Å². The molecule has 0 radical (unpaired) electrons. The summed E-state index contributed by atoms with van der Waals surface area (Å²) in [7, 11) is -2.28. The first-order valence-electron chi connectivity index (χ1n) is 9.72. The van der Waals surface area contributed by atoms with Gasteiger partial charge in [-0.15, -0.1) is 0 Å². The number of hydrogen-bond acceptors (Lipinski definition) is 5. The van der Waals surface area contributed by atoms with Crippen molar-refractivity contribution in [3.63, 3.8) is 0 Å². The van der Waals surface area contributed by atoms with Crippen molar-refractivity contribution in [3.8, 4) is 5.75 Å². The summed E-state index contributed by atoms with van der Waals surface area (Å²) in [5, 5.41) is 0. The molecule has 4 atom stereocenters. The molecule has 2 amide bonds. The van der Waals surface area contributed by atoms with Gasteiger partial charge in [-0.1, -0.05) is 12.2 Å². The first-order valence-corrected chi connectivity index (χ1v) is 11.2. The van der Waals surface area contributed by atoms with Crippen molar-refractivity contribution in [1.29, 1.82) is 0 Å². The van der Waals surface area contributed by atoms with Gasteiger partial charge in [-0.3, -0.25) is 19.2 Å². The van der Waals surface area contributed by atoms with Crippen LogP contribution in [0.4, 0.5) is 11.4 Å². The zero-order valence-electron chi connectivity index (χ0n) is 16.2. The molecule has 2 aromatic carbocycles. The lowest BCUT2D eigenvalue weighted by Gasteiger charge is -2.17. The van der Waals surface area contributed by atoms with Gasteiger partial charge < -0.3 is 4.74 Å². The van der Waals surface area contributed by atoms with Gasteiger partial charge in [-0.2, -0.15) is 0 Å². The number of allylic oxidation sites excluding steroid dienone is 2. The maximum absolute atomic E-state index is 12.9. The molecule has 3 aliphatic rings. The third kappa shape index (κ3) is 2.82. The number of sulfonamides is 1. The molecule has 2 fully saturated rings. The van der Waals surface area contributed by atoms with Crippen molar-refractivity contribution in [2.75, 3.05) is 16.7 Å². The van der Waals surface area contributed by atoms with Crippen LogP contribution in [0, 0.1) is 23.7 Å². The standard InChI is InChI=1S/C22H20N2O5S/c1-29-17-8-4-15(5-9-17)23-30(27,28)18-10-6-16(7-11-18)24-21(25)19-13-2-3-14(12-13)20(19)22(24)26/h2-11,13-14,19-20,23H,12H2,1H3/t13-,14-,19-,20+/m0/s1. The molecular formula is C22H20N2O5S. The number of anilines is 2. The van der Waals surface area contributed by atoms with Crippen molar-refractivity contribution < 1.29 is 22.7 Å². The zero-order chi connectivity index (χ0) is 21.0. The highest BCUT2D eigenvalue weighted by Crippen LogP contribution is 2.53. The van der Waals surface area contributed by atoms with Crippen LogP contribution in [-0.2, 0) is 19.6 Å². The van der Waals surface area contributed by atoms with Gasteiger partial charge >= 0.3 is 0 Å². The predicted octanol–water partition coefficient (Wildman–Crippen LogP) is 2.81. The summed E-state index contributed by atoms with van der Waals surface area (Å²) in [4.78, 5) is 27.0. The van der Waals surface area contributed by atoms with E-state index in [0.717, 1.165) is 6.42 Å². The van der Waals surface area contributed by atoms with E-state index in [1.54, 1.807) is 24.3 Å². The minimum atomic E-state index is -3.81. The second-order valence-corrected chi connectivity index (χ2v) is 9.52. The number of nitrogens with zero attached hydrogens (tertiary/aromatic N) is 1. The Bertz CT molecular complexity index is 1130. The van der Waals surface area contributed by atoms with Crippen LogP contribution >= 0.6 is 0 Å². The summed E-state index contributed by atoms with van der Waals surface area (Å²) in [6, 6.07) is 12.4. The number of imide groups is 1. The Morgan fingerprint density at radius 1 is 0.900 bits per heavy atom. The second kappa shape index (κ2) is 6.70. The monoisotopic (exact) mass is 424 g/mol. The van der Waals surface area contributed by atoms with Crippen LogP contribution < -0.4 is 14.4 Å². The van der Waals surface area contributed by atoms with Gasteiger partial charge in [-0.05, 0) is 66.8 Å². The molecule has 7 nitrogen and oxygen atoms in total. The lowest BCUT2D eigenvalue weighted by Crippen LogP contribution is -2.32. The summed E-state index contributed by atoms with van der Waals surface area (Å²) in [6.07, 6.45) is 4.96. The molecule has 2 bridgehead atoms. The number of benzene rings is 2. The Balaban J connectivity index is 1.36. The van der Waals surface area contributed by atoms with Gasteiger partial charge in [0.1, 0.15) is 5.75 Å². The molecule has 1 saturated carbocycles. The van der Waals surface area contributed by atoms with Gasteiger partial charge in [-0.25, -0.2) is 8.42 Å². The first kappa shape index (κ1) is 18.9. The first-order chi connectivity index (χ1) is 14.4. The van der Waals surface area contributed by atoms with Crippen LogP contribution in [0.1, 0.15) is 6.42 Å². The molecule has 1 aliphatic heterocycles. The van der Waals surface area contributed by atoms with Gasteiger partial charge in [0.15, 0.2) is 0 Å². The van der Waals surface area contributed by atoms with E-state index in [2.05, 4.69) is 4.72 Å². The average molecular weight is 424 g/mol. The van der Waals surface area contributed by atoms with Crippen molar-refractivity contribution >= 4 is 33.2 Å². The fourth-order valence-electron chi connectivity index (χ4n) is 4.80. The summed E-state index contributed by atoms with van der Waals surface area (Å²) in [6.45, 7) is 0. The van der Waals surface area contributed by atoms with Gasteiger partial charge in [0.05, 0.1) is 29.5 Å². The Kier molecular flexibility index (Phi) is 4.21. The average Bonchev–Trinajstić information content (AvgIpc) is 3.42. The van der Waals surface area contributed by atoms with Crippen LogP contribution in [-0.4, -0.2) is 27.3 Å². The Labute approximate surface area is 174 Å². The topological polar surface area (TPSA) is 92.8 Å². The SMILES string of the molecule is COc1ccc(NS(=O)(=O)c2ccc(N3C(=O)[C@@H]4[C@H](C3=O)[C@H]3C=C[C@H]4C3)cc2)cc1. The minimum Gasteiger partial charge on any atom is -0.497 e. The van der Waals surface area contributed by atoms with E-state index in [4.69, 9.17) is 4.74 Å². The summed E-state index contributed by atoms with van der Waals surface area (Å²) in [5.41, 5.74) is 0.808. The van der Waals surface area contributed by atoms with Crippen molar-refractivity contribution in [3.05, 3.63) is 60.7 Å². The lowest BCUT2D eigenvalue weighted by molar-refractivity contribution is -0.123. The van der Waals surface area contributed by atoms with Crippen molar-refractivity contribution in [1.82, 2.24) is 0 Å². The van der Waals surface area contributed by atoms with E-state index < -0.39 is 10.0 Å². The van der Waals surface area contributed by atoms with Crippen molar-refractivity contribution in [2.24, 2.45) is 23.7 Å². The number of carbonyl (C=O) groups is 2. The second-order valence-electron chi connectivity index (χ2n) is 7.84. The number of nitrogens with one attached hydrogen (secondary N) is 1. The number of amides is 2. The molecule has 154 valence electrons. The van der Waals surface area contributed by atoms with E-state index in [9.17, 15) is 18.0 Å². The van der Waals surface area contributed by atoms with Gasteiger partial charge in [0, 0.05) is 5.69 Å². The van der Waals surface area contributed by atoms with Crippen LogP contribution in [0.2, 0.25) is 0 Å². The summed E-state index contributed by atoms with van der Waals surface area (Å²) >= 11 is 0. The highest BCUT2D eigenvalue weighted by Gasteiger charge is 2.59. The number of rotatable bonds is 5. The molecular weight excluding hydrogens is 404 g/mol. The van der Waals surface area contributed by atoms with E-state index in [1.807, 2.05) is 12.2 Å². The quantitative estimate of drug-likeness (QED) is 0.589. The van der Waals surface area contributed by atoms with Gasteiger partial charge in [0.2, 0.25) is 11.8 Å². The maximum atomic E-state index is 12.9. The number of carbonyl (C=O) groups excluding carboxylic acids is 2. The van der Waals surface area contributed by atoms with Gasteiger partial charge in [0.25, 0.3) is 10.0 Å². The Morgan fingerprint density at radius 2 is 1.47 bits per heavy atom. The molecule has 8 heteroatoms. The number of methoxy groups -OCH3 is 1. The molecule has 0 unspecified atom stereocenters. The molecule has 0 spiro atoms. The van der Waals surface area contributed by atoms with E-state index in [0.29, 0.717) is 17.1 Å². The molecule has 1 heterocycles. The largest absolute Gasteiger partial charge is 0.497 e. The van der Waals surface area contributed by atoms with E-state index in [-0.39, 0.29) is 40.4 Å². The lowest BCUT2D eigenvalue weighted by atomic mass is 9.85. The minimum absolute atomic E-state index is 0.0445.